The Labute approximate surface area is 212 Å². The van der Waals surface area contributed by atoms with Crippen molar-refractivity contribution in [2.75, 3.05) is 38.2 Å². The first-order valence-electron chi connectivity index (χ1n) is 13.7. The second kappa shape index (κ2) is 8.30. The first-order valence-corrected chi connectivity index (χ1v) is 13.7. The Hall–Kier alpha value is -2.41. The van der Waals surface area contributed by atoms with E-state index in [0.717, 1.165) is 51.0 Å². The Morgan fingerprint density at radius 3 is 2.56 bits per heavy atom. The number of hydrogen-bond donors (Lipinski definition) is 3. The van der Waals surface area contributed by atoms with Crippen LogP contribution in [0.4, 0.5) is 10.1 Å². The van der Waals surface area contributed by atoms with E-state index < -0.39 is 0 Å². The summed E-state index contributed by atoms with van der Waals surface area (Å²) in [5, 5.41) is 15.0. The van der Waals surface area contributed by atoms with Crippen molar-refractivity contribution in [1.29, 1.82) is 0 Å². The fourth-order valence-corrected chi connectivity index (χ4v) is 8.03. The van der Waals surface area contributed by atoms with Crippen molar-refractivity contribution in [3.63, 3.8) is 0 Å². The quantitative estimate of drug-likeness (QED) is 0.423. The van der Waals surface area contributed by atoms with Crippen LogP contribution in [0.25, 0.3) is 10.9 Å². The summed E-state index contributed by atoms with van der Waals surface area (Å²) in [5.74, 6) is 0. The average Bonchev–Trinajstić information content (AvgIpc) is 3.18. The van der Waals surface area contributed by atoms with Gasteiger partial charge in [-0.3, -0.25) is 14.2 Å². The highest BCUT2D eigenvalue weighted by molar-refractivity contribution is 5.85. The molecule has 1 aromatic heterocycles. The number of aromatic nitrogens is 1. The molecule has 8 rings (SSSR count). The molecule has 0 radical (unpaired) electrons. The number of anilines is 1. The molecule has 2 bridgehead atoms. The Morgan fingerprint density at radius 2 is 1.83 bits per heavy atom. The monoisotopic (exact) mass is 488 g/mol. The molecule has 6 heteroatoms. The van der Waals surface area contributed by atoms with E-state index >= 15 is 0 Å². The number of H-pyrrole nitrogens is 1. The topological polar surface area (TPSA) is 54.5 Å². The normalized spacial score (nSPS) is 32.0. The number of halogens is 1. The lowest BCUT2D eigenvalue weighted by molar-refractivity contribution is -0.254. The fourth-order valence-electron chi connectivity index (χ4n) is 8.03. The number of rotatable bonds is 8. The molecule has 2 aliphatic heterocycles. The van der Waals surface area contributed by atoms with Gasteiger partial charge in [0.2, 0.25) is 0 Å². The number of nitrogens with one attached hydrogen (secondary N) is 2. The molecule has 0 spiro atoms. The van der Waals surface area contributed by atoms with Gasteiger partial charge in [0.05, 0.1) is 18.8 Å². The van der Waals surface area contributed by atoms with Crippen LogP contribution in [-0.4, -0.2) is 70.4 Å². The van der Waals surface area contributed by atoms with Crippen LogP contribution >= 0.6 is 0 Å². The van der Waals surface area contributed by atoms with Crippen molar-refractivity contribution in [1.82, 2.24) is 14.8 Å². The molecule has 3 aliphatic carbocycles. The van der Waals surface area contributed by atoms with Gasteiger partial charge in [0.25, 0.3) is 0 Å². The molecule has 3 saturated carbocycles. The van der Waals surface area contributed by atoms with E-state index in [-0.39, 0.29) is 23.7 Å². The smallest absolute Gasteiger partial charge is 0.0906 e. The van der Waals surface area contributed by atoms with Crippen LogP contribution in [0.3, 0.4) is 0 Å². The molecular weight excluding hydrogens is 451 g/mol. The van der Waals surface area contributed by atoms with Crippen molar-refractivity contribution in [3.05, 3.63) is 65.4 Å². The lowest BCUT2D eigenvalue weighted by atomic mass is 9.38. The Bertz CT molecular complexity index is 1240. The Morgan fingerprint density at radius 1 is 1.08 bits per heavy atom. The molecule has 36 heavy (non-hydrogen) atoms. The van der Waals surface area contributed by atoms with Gasteiger partial charge in [-0.1, -0.05) is 30.3 Å². The molecule has 4 fully saturated rings. The van der Waals surface area contributed by atoms with Gasteiger partial charge in [-0.25, -0.2) is 0 Å². The van der Waals surface area contributed by atoms with Crippen LogP contribution in [-0.2, 0) is 6.42 Å². The maximum Gasteiger partial charge on any atom is 0.0906 e. The van der Waals surface area contributed by atoms with Gasteiger partial charge in [0, 0.05) is 60.1 Å². The predicted molar refractivity (Wildman–Crippen MR) is 142 cm³/mol. The van der Waals surface area contributed by atoms with Gasteiger partial charge in [0.15, 0.2) is 0 Å². The van der Waals surface area contributed by atoms with E-state index in [0.29, 0.717) is 25.1 Å². The van der Waals surface area contributed by atoms with E-state index in [1.54, 1.807) is 0 Å². The van der Waals surface area contributed by atoms with E-state index in [1.165, 1.54) is 27.7 Å². The minimum absolute atomic E-state index is 0.180. The number of likely N-dealkylation sites (tertiary alicyclic amines) is 1. The molecule has 0 amide bonds. The van der Waals surface area contributed by atoms with Crippen LogP contribution < -0.4 is 5.32 Å². The van der Waals surface area contributed by atoms with Gasteiger partial charge >= 0.3 is 0 Å². The standard InChI is InChI=1S/C30H37FN4O/c1-20-13-25-24-5-2-3-6-26(24)33-27(25)28(35(20)30-16-29(17-30,18-30)19-36)21-7-9-22(10-8-21)32-23-14-34(15-23)12-4-11-31/h2-3,5-10,20,23,28,32-33,36H,4,11-19H2,1H3/t20-,28-,29?,30?/m1/s1. The second-order valence-electron chi connectivity index (χ2n) is 12.1. The summed E-state index contributed by atoms with van der Waals surface area (Å²) in [6.45, 7) is 5.33. The fraction of sp³-hybridized carbons (Fsp3) is 0.533. The number of aliphatic hydroxyl groups is 1. The van der Waals surface area contributed by atoms with Crippen molar-refractivity contribution in [2.45, 2.75) is 62.7 Å². The molecule has 5 nitrogen and oxygen atoms in total. The Balaban J connectivity index is 1.18. The van der Waals surface area contributed by atoms with Crippen LogP contribution in [0.5, 0.6) is 0 Å². The first-order chi connectivity index (χ1) is 17.5. The molecule has 0 unspecified atom stereocenters. The zero-order chi connectivity index (χ0) is 24.5. The predicted octanol–water partition coefficient (Wildman–Crippen LogP) is 4.87. The third kappa shape index (κ3) is 3.37. The number of nitrogens with zero attached hydrogens (tertiary/aromatic N) is 2. The number of hydrogen-bond acceptors (Lipinski definition) is 4. The maximum absolute atomic E-state index is 12.4. The number of alkyl halides is 1. The summed E-state index contributed by atoms with van der Waals surface area (Å²) in [5.41, 5.74) is 6.93. The van der Waals surface area contributed by atoms with Crippen molar-refractivity contribution >= 4 is 16.6 Å². The van der Waals surface area contributed by atoms with Gasteiger partial charge in [-0.2, -0.15) is 0 Å². The largest absolute Gasteiger partial charge is 0.396 e. The van der Waals surface area contributed by atoms with E-state index in [9.17, 15) is 9.50 Å². The minimum atomic E-state index is -0.229. The molecule has 3 heterocycles. The van der Waals surface area contributed by atoms with E-state index in [2.05, 4.69) is 75.6 Å². The lowest BCUT2D eigenvalue weighted by Gasteiger charge is -2.76. The molecule has 5 aliphatic rings. The number of benzene rings is 2. The van der Waals surface area contributed by atoms with Crippen LogP contribution in [0, 0.1) is 5.41 Å². The first kappa shape index (κ1) is 22.8. The third-order valence-corrected chi connectivity index (χ3v) is 9.53. The molecule has 2 aromatic carbocycles. The summed E-state index contributed by atoms with van der Waals surface area (Å²) in [7, 11) is 0. The number of para-hydroxylation sites is 1. The highest BCUT2D eigenvalue weighted by atomic mass is 19.1. The summed E-state index contributed by atoms with van der Waals surface area (Å²) < 4.78 is 12.4. The Kier molecular flexibility index (Phi) is 5.25. The SMILES string of the molecule is C[C@@H]1Cc2c([nH]c3ccccc23)[C@@H](c2ccc(NC3CN(CCCF)C3)cc2)N1C12CC(CO)(C1)C2. The van der Waals surface area contributed by atoms with Crippen LogP contribution in [0.2, 0.25) is 0 Å². The summed E-state index contributed by atoms with van der Waals surface area (Å²) >= 11 is 0. The number of aromatic amines is 1. The minimum Gasteiger partial charge on any atom is -0.396 e. The van der Waals surface area contributed by atoms with Crippen molar-refractivity contribution in [2.24, 2.45) is 5.41 Å². The molecule has 1 saturated heterocycles. The van der Waals surface area contributed by atoms with Crippen molar-refractivity contribution < 1.29 is 9.50 Å². The number of fused-ring (bicyclic) bond motifs is 3. The van der Waals surface area contributed by atoms with Crippen LogP contribution in [0.15, 0.2) is 48.5 Å². The van der Waals surface area contributed by atoms with Crippen LogP contribution in [0.1, 0.15) is 55.5 Å². The molecule has 2 atom stereocenters. The zero-order valence-corrected chi connectivity index (χ0v) is 21.1. The summed E-state index contributed by atoms with van der Waals surface area (Å²) in [6, 6.07) is 18.9. The third-order valence-electron chi connectivity index (χ3n) is 9.53. The van der Waals surface area contributed by atoms with Gasteiger partial charge in [-0.15, -0.1) is 0 Å². The van der Waals surface area contributed by atoms with Gasteiger partial charge < -0.3 is 15.4 Å². The average molecular weight is 489 g/mol. The van der Waals surface area contributed by atoms with E-state index in [4.69, 9.17) is 0 Å². The molecule has 190 valence electrons. The van der Waals surface area contributed by atoms with Crippen molar-refractivity contribution in [3.8, 4) is 0 Å². The maximum atomic E-state index is 12.4. The highest BCUT2D eigenvalue weighted by Gasteiger charge is 2.71. The molecular formula is C30H37FN4O. The summed E-state index contributed by atoms with van der Waals surface area (Å²) in [4.78, 5) is 8.93. The molecule has 3 aromatic rings. The van der Waals surface area contributed by atoms with Gasteiger partial charge in [0.1, 0.15) is 0 Å². The second-order valence-corrected chi connectivity index (χ2v) is 12.1. The summed E-state index contributed by atoms with van der Waals surface area (Å²) in [6.07, 6.45) is 5.05. The lowest BCUT2D eigenvalue weighted by Crippen LogP contribution is -2.77. The highest BCUT2D eigenvalue weighted by Crippen LogP contribution is 2.71. The van der Waals surface area contributed by atoms with E-state index in [1.807, 2.05) is 0 Å². The zero-order valence-electron chi connectivity index (χ0n) is 21.1. The number of aliphatic hydroxyl groups excluding tert-OH is 1. The molecule has 3 N–H and O–H groups in total. The van der Waals surface area contributed by atoms with Gasteiger partial charge in [-0.05, 0) is 73.8 Å².